The van der Waals surface area contributed by atoms with E-state index in [9.17, 15) is 8.42 Å². The van der Waals surface area contributed by atoms with Gasteiger partial charge in [-0.25, -0.2) is 12.7 Å². The summed E-state index contributed by atoms with van der Waals surface area (Å²) in [5.74, 6) is 1.48. The van der Waals surface area contributed by atoms with Gasteiger partial charge in [0.1, 0.15) is 5.60 Å². The highest BCUT2D eigenvalue weighted by molar-refractivity contribution is 7.88. The fraction of sp³-hybridized carbons (Fsp3) is 0.600. The number of benzene rings is 1. The normalized spacial score (nSPS) is 22.9. The van der Waals surface area contributed by atoms with E-state index in [0.29, 0.717) is 25.9 Å². The van der Waals surface area contributed by atoms with Gasteiger partial charge in [0.15, 0.2) is 11.5 Å². The number of rotatable bonds is 5. The van der Waals surface area contributed by atoms with Gasteiger partial charge in [0.25, 0.3) is 0 Å². The molecule has 3 aliphatic rings. The van der Waals surface area contributed by atoms with Crippen molar-refractivity contribution in [2.75, 3.05) is 26.5 Å². The van der Waals surface area contributed by atoms with E-state index in [1.807, 2.05) is 18.2 Å². The van der Waals surface area contributed by atoms with E-state index in [0.717, 1.165) is 35.6 Å². The number of nitrogens with zero attached hydrogens (tertiary/aromatic N) is 1. The largest absolute Gasteiger partial charge is 0.493 e. The molecule has 2 aliphatic heterocycles. The maximum absolute atomic E-state index is 11.7. The lowest BCUT2D eigenvalue weighted by Gasteiger charge is -2.35. The average Bonchev–Trinajstić information content (AvgIpc) is 3.32. The molecule has 0 unspecified atom stereocenters. The van der Waals surface area contributed by atoms with E-state index in [4.69, 9.17) is 14.3 Å². The van der Waals surface area contributed by atoms with Crippen molar-refractivity contribution in [3.05, 3.63) is 29.8 Å². The summed E-state index contributed by atoms with van der Waals surface area (Å²) in [4.78, 5) is 5.90. The molecule has 1 aromatic rings. The van der Waals surface area contributed by atoms with Crippen LogP contribution in [-0.2, 0) is 14.9 Å². The van der Waals surface area contributed by atoms with Gasteiger partial charge in [0.2, 0.25) is 10.0 Å². The molecule has 0 aromatic heterocycles. The topological polar surface area (TPSA) is 77.1 Å². The smallest absolute Gasteiger partial charge is 0.211 e. The second kappa shape index (κ2) is 7.57. The van der Waals surface area contributed by atoms with Crippen molar-refractivity contribution < 1.29 is 22.7 Å². The van der Waals surface area contributed by atoms with E-state index in [1.54, 1.807) is 7.11 Å². The Morgan fingerprint density at radius 1 is 1.18 bits per heavy atom. The lowest BCUT2D eigenvalue weighted by Crippen LogP contribution is -2.46. The van der Waals surface area contributed by atoms with Gasteiger partial charge >= 0.3 is 0 Å². The highest BCUT2D eigenvalue weighted by atomic mass is 32.2. The molecule has 0 atom stereocenters. The number of hydrogen-bond acceptors (Lipinski definition) is 6. The Morgan fingerprint density at radius 2 is 1.89 bits per heavy atom. The molecular formula is C20H28N2O5S. The van der Waals surface area contributed by atoms with Crippen LogP contribution in [0.25, 0.3) is 5.70 Å². The Bertz CT molecular complexity index is 853. The summed E-state index contributed by atoms with van der Waals surface area (Å²) < 4.78 is 36.7. The van der Waals surface area contributed by atoms with Crippen LogP contribution in [0.1, 0.15) is 44.1 Å². The molecule has 1 saturated carbocycles. The third-order valence-electron chi connectivity index (χ3n) is 5.88. The SMILES string of the molecule is COc1ccc(C2=CC3(CCN(S(C)(=O)=O)CC3)ON2)cc1OC1CCCC1. The number of methoxy groups -OCH3 is 1. The summed E-state index contributed by atoms with van der Waals surface area (Å²) in [5, 5.41) is 0. The number of ether oxygens (including phenoxy) is 2. The van der Waals surface area contributed by atoms with E-state index in [-0.39, 0.29) is 6.10 Å². The summed E-state index contributed by atoms with van der Waals surface area (Å²) in [7, 11) is -1.51. The monoisotopic (exact) mass is 408 g/mol. The zero-order valence-electron chi connectivity index (χ0n) is 16.4. The molecule has 7 nitrogen and oxygen atoms in total. The van der Waals surface area contributed by atoms with Crippen LogP contribution >= 0.6 is 0 Å². The molecule has 4 rings (SSSR count). The van der Waals surface area contributed by atoms with E-state index in [1.165, 1.54) is 23.4 Å². The van der Waals surface area contributed by atoms with Gasteiger partial charge in [-0.15, -0.1) is 0 Å². The fourth-order valence-electron chi connectivity index (χ4n) is 4.19. The minimum absolute atomic E-state index is 0.248. The minimum atomic E-state index is -3.16. The van der Waals surface area contributed by atoms with Crippen LogP contribution in [0.15, 0.2) is 24.3 Å². The van der Waals surface area contributed by atoms with Crippen molar-refractivity contribution in [2.45, 2.75) is 50.2 Å². The Balaban J connectivity index is 1.52. The Morgan fingerprint density at radius 3 is 2.54 bits per heavy atom. The molecule has 8 heteroatoms. The number of hydrogen-bond donors (Lipinski definition) is 1. The van der Waals surface area contributed by atoms with Crippen molar-refractivity contribution >= 4 is 15.7 Å². The van der Waals surface area contributed by atoms with Crippen LogP contribution < -0.4 is 15.0 Å². The average molecular weight is 409 g/mol. The van der Waals surface area contributed by atoms with E-state index >= 15 is 0 Å². The Kier molecular flexibility index (Phi) is 5.28. The van der Waals surface area contributed by atoms with Gasteiger partial charge in [-0.05, 0) is 62.8 Å². The van der Waals surface area contributed by atoms with Crippen molar-refractivity contribution in [3.63, 3.8) is 0 Å². The number of nitrogens with one attached hydrogen (secondary N) is 1. The summed E-state index contributed by atoms with van der Waals surface area (Å²) in [6.45, 7) is 0.923. The molecule has 1 saturated heterocycles. The predicted octanol–water partition coefficient (Wildman–Crippen LogP) is 2.69. The zero-order valence-corrected chi connectivity index (χ0v) is 17.3. The van der Waals surface area contributed by atoms with Crippen molar-refractivity contribution in [3.8, 4) is 11.5 Å². The van der Waals surface area contributed by atoms with Crippen LogP contribution in [0.2, 0.25) is 0 Å². The van der Waals surface area contributed by atoms with E-state index in [2.05, 4.69) is 11.6 Å². The van der Waals surface area contributed by atoms with Gasteiger partial charge in [-0.1, -0.05) is 0 Å². The summed E-state index contributed by atoms with van der Waals surface area (Å²) in [5.41, 5.74) is 4.42. The maximum Gasteiger partial charge on any atom is 0.211 e. The first kappa shape index (κ1) is 19.5. The van der Waals surface area contributed by atoms with Gasteiger partial charge in [-0.3, -0.25) is 10.3 Å². The molecule has 1 aliphatic carbocycles. The lowest BCUT2D eigenvalue weighted by atomic mass is 9.91. The zero-order chi connectivity index (χ0) is 19.8. The van der Waals surface area contributed by atoms with Crippen molar-refractivity contribution in [1.29, 1.82) is 0 Å². The van der Waals surface area contributed by atoms with Gasteiger partial charge < -0.3 is 9.47 Å². The second-order valence-corrected chi connectivity index (χ2v) is 9.86. The maximum atomic E-state index is 11.7. The highest BCUT2D eigenvalue weighted by Crippen LogP contribution is 2.38. The number of piperidine rings is 1. The van der Waals surface area contributed by atoms with Crippen LogP contribution in [0.4, 0.5) is 0 Å². The highest BCUT2D eigenvalue weighted by Gasteiger charge is 2.40. The third kappa shape index (κ3) is 3.99. The van der Waals surface area contributed by atoms with Gasteiger partial charge in [0.05, 0.1) is 25.2 Å². The molecule has 28 heavy (non-hydrogen) atoms. The standard InChI is InChI=1S/C20H28N2O5S/c1-25-18-8-7-15(13-19(18)26-16-5-3-4-6-16)17-14-20(27-21-17)9-11-22(12-10-20)28(2,23)24/h7-8,13-14,16,21H,3-6,9-12H2,1-2H3. The van der Waals surface area contributed by atoms with Crippen molar-refractivity contribution in [2.24, 2.45) is 0 Å². The summed E-state index contributed by atoms with van der Waals surface area (Å²) in [6.07, 6.45) is 9.40. The number of sulfonamides is 1. The Hall–Kier alpha value is -1.77. The number of hydroxylamine groups is 1. The molecule has 154 valence electrons. The molecule has 2 heterocycles. The molecule has 1 N–H and O–H groups in total. The molecule has 1 spiro atoms. The van der Waals surface area contributed by atoms with E-state index < -0.39 is 15.6 Å². The Labute approximate surface area is 166 Å². The molecule has 2 fully saturated rings. The molecule has 1 aromatic carbocycles. The second-order valence-electron chi connectivity index (χ2n) is 7.88. The summed E-state index contributed by atoms with van der Waals surface area (Å²) >= 11 is 0. The fourth-order valence-corrected chi connectivity index (χ4v) is 5.03. The first-order chi connectivity index (χ1) is 13.4. The lowest BCUT2D eigenvalue weighted by molar-refractivity contribution is -0.0602. The minimum Gasteiger partial charge on any atom is -0.493 e. The first-order valence-electron chi connectivity index (χ1n) is 9.86. The predicted molar refractivity (Wildman–Crippen MR) is 106 cm³/mol. The van der Waals surface area contributed by atoms with Crippen LogP contribution in [0.3, 0.4) is 0 Å². The molecule has 0 bridgehead atoms. The first-order valence-corrected chi connectivity index (χ1v) is 11.7. The quantitative estimate of drug-likeness (QED) is 0.807. The third-order valence-corrected chi connectivity index (χ3v) is 7.18. The summed E-state index contributed by atoms with van der Waals surface area (Å²) in [6, 6.07) is 5.89. The van der Waals surface area contributed by atoms with Crippen LogP contribution in [0, 0.1) is 0 Å². The molecule has 0 amide bonds. The van der Waals surface area contributed by atoms with Gasteiger partial charge in [-0.2, -0.15) is 0 Å². The van der Waals surface area contributed by atoms with Gasteiger partial charge in [0, 0.05) is 18.7 Å². The van der Waals surface area contributed by atoms with Crippen LogP contribution in [0.5, 0.6) is 11.5 Å². The molecular weight excluding hydrogens is 380 g/mol. The molecule has 0 radical (unpaired) electrons. The van der Waals surface area contributed by atoms with Crippen LogP contribution in [-0.4, -0.2) is 50.9 Å². The van der Waals surface area contributed by atoms with Crippen molar-refractivity contribution in [1.82, 2.24) is 9.79 Å².